The normalized spacial score (nSPS) is 12.6. The molecule has 26 valence electrons. The van der Waals surface area contributed by atoms with Gasteiger partial charge in [-0.05, 0) is 0 Å². The SMILES string of the molecule is [CH2-]C(C)[O-].[K+]. The van der Waals surface area contributed by atoms with Crippen LogP contribution in [0.2, 0.25) is 0 Å². The van der Waals surface area contributed by atoms with Gasteiger partial charge in [-0.15, -0.1) is 6.92 Å². The van der Waals surface area contributed by atoms with Crippen LogP contribution in [0.3, 0.4) is 0 Å². The van der Waals surface area contributed by atoms with Crippen molar-refractivity contribution in [3.8, 4) is 0 Å². The summed E-state index contributed by atoms with van der Waals surface area (Å²) in [6.07, 6.45) is -0.667. The zero-order valence-electron chi connectivity index (χ0n) is 3.69. The van der Waals surface area contributed by atoms with Gasteiger partial charge in [0.1, 0.15) is 0 Å². The monoisotopic (exact) mass is 97.0 g/mol. The molecule has 0 aliphatic carbocycles. The Kier molecular flexibility index (Phi) is 10.9. The fourth-order valence-electron chi connectivity index (χ4n) is 0. The molecule has 0 aromatic carbocycles. The van der Waals surface area contributed by atoms with Crippen LogP contribution < -0.4 is 56.5 Å². The summed E-state index contributed by atoms with van der Waals surface area (Å²) < 4.78 is 0. The predicted octanol–water partition coefficient (Wildman–Crippen LogP) is -3.43. The maximum atomic E-state index is 9.42. The third-order valence-corrected chi connectivity index (χ3v) is 0. The first-order chi connectivity index (χ1) is 1.73. The maximum Gasteiger partial charge on any atom is 1.00 e. The van der Waals surface area contributed by atoms with Gasteiger partial charge in [-0.1, -0.05) is 0 Å². The van der Waals surface area contributed by atoms with E-state index in [9.17, 15) is 5.11 Å². The number of rotatable bonds is 0. The Hall–Kier alpha value is 1.60. The van der Waals surface area contributed by atoms with Gasteiger partial charge >= 0.3 is 51.4 Å². The van der Waals surface area contributed by atoms with Crippen LogP contribution in [0.5, 0.6) is 0 Å². The molecule has 1 nitrogen and oxygen atoms in total. The smallest absolute Gasteiger partial charge is 0.876 e. The molecular weight excluding hydrogens is 91.1 g/mol. The van der Waals surface area contributed by atoms with Crippen molar-refractivity contribution in [1.82, 2.24) is 0 Å². The molecule has 0 fully saturated rings. The van der Waals surface area contributed by atoms with Crippen LogP contribution in [-0.2, 0) is 0 Å². The molecule has 0 saturated carbocycles. The minimum Gasteiger partial charge on any atom is -0.876 e. The maximum absolute atomic E-state index is 9.42. The Morgan fingerprint density at radius 3 is 1.80 bits per heavy atom. The molecule has 1 unspecified atom stereocenters. The van der Waals surface area contributed by atoms with Gasteiger partial charge in [-0.2, -0.15) is 0 Å². The molecule has 2 heteroatoms. The van der Waals surface area contributed by atoms with Gasteiger partial charge in [0.25, 0.3) is 0 Å². The molecule has 0 bridgehead atoms. The average molecular weight is 97.2 g/mol. The summed E-state index contributed by atoms with van der Waals surface area (Å²) in [5.74, 6) is 0. The first-order valence-corrected chi connectivity index (χ1v) is 1.22. The molecular formula is C3H6KO-. The fraction of sp³-hybridized carbons (Fsp3) is 0.667. The van der Waals surface area contributed by atoms with Gasteiger partial charge in [0.15, 0.2) is 0 Å². The van der Waals surface area contributed by atoms with E-state index in [0.29, 0.717) is 0 Å². The largest absolute Gasteiger partial charge is 1.00 e. The minimum atomic E-state index is -0.667. The molecule has 0 aliphatic rings. The summed E-state index contributed by atoms with van der Waals surface area (Å²) in [5.41, 5.74) is 0. The van der Waals surface area contributed by atoms with Crippen molar-refractivity contribution in [3.63, 3.8) is 0 Å². The van der Waals surface area contributed by atoms with Gasteiger partial charge in [0, 0.05) is 0 Å². The predicted molar refractivity (Wildman–Crippen MR) is 14.8 cm³/mol. The second kappa shape index (κ2) is 5.60. The van der Waals surface area contributed by atoms with Crippen molar-refractivity contribution in [2.75, 3.05) is 0 Å². The molecule has 0 rings (SSSR count). The van der Waals surface area contributed by atoms with Crippen LogP contribution in [0.1, 0.15) is 6.92 Å². The Balaban J connectivity index is 0. The molecule has 0 aromatic heterocycles. The van der Waals surface area contributed by atoms with Gasteiger partial charge in [0.2, 0.25) is 0 Å². The summed E-state index contributed by atoms with van der Waals surface area (Å²) in [6, 6.07) is 0. The number of hydrogen-bond donors (Lipinski definition) is 0. The Labute approximate surface area is 75.2 Å². The van der Waals surface area contributed by atoms with Gasteiger partial charge < -0.3 is 12.0 Å². The molecule has 0 heterocycles. The van der Waals surface area contributed by atoms with Crippen LogP contribution in [0, 0.1) is 6.92 Å². The molecule has 0 amide bonds. The van der Waals surface area contributed by atoms with Crippen molar-refractivity contribution in [2.24, 2.45) is 0 Å². The van der Waals surface area contributed by atoms with Crippen LogP contribution in [0.15, 0.2) is 0 Å². The Morgan fingerprint density at radius 2 is 1.80 bits per heavy atom. The second-order valence-electron chi connectivity index (χ2n) is 0.811. The topological polar surface area (TPSA) is 23.1 Å². The molecule has 5 heavy (non-hydrogen) atoms. The summed E-state index contributed by atoms with van der Waals surface area (Å²) >= 11 is 0. The van der Waals surface area contributed by atoms with Gasteiger partial charge in [0.05, 0.1) is 0 Å². The first-order valence-electron chi connectivity index (χ1n) is 1.22. The molecule has 0 N–H and O–H groups in total. The molecule has 0 spiro atoms. The van der Waals surface area contributed by atoms with E-state index < -0.39 is 6.10 Å². The second-order valence-corrected chi connectivity index (χ2v) is 0.811. The average Bonchev–Trinajstić information content (AvgIpc) is 0.811. The third-order valence-electron chi connectivity index (χ3n) is 0. The standard InChI is InChI=1S/C3H6O.K/c1-3(2)4;/h3H,1H2,2H3;/q-2;+1. The van der Waals surface area contributed by atoms with E-state index in [0.717, 1.165) is 0 Å². The molecule has 0 saturated heterocycles. The summed E-state index contributed by atoms with van der Waals surface area (Å²) in [5, 5.41) is 9.42. The van der Waals surface area contributed by atoms with E-state index in [1.165, 1.54) is 6.92 Å². The summed E-state index contributed by atoms with van der Waals surface area (Å²) in [7, 11) is 0. The Morgan fingerprint density at radius 1 is 1.80 bits per heavy atom. The van der Waals surface area contributed by atoms with Gasteiger partial charge in [-0.25, -0.2) is 0 Å². The first kappa shape index (κ1) is 9.78. The van der Waals surface area contributed by atoms with E-state index >= 15 is 0 Å². The number of hydrogen-bond acceptors (Lipinski definition) is 1. The van der Waals surface area contributed by atoms with E-state index in [1.54, 1.807) is 0 Å². The fourth-order valence-corrected chi connectivity index (χ4v) is 0. The molecule has 1 atom stereocenters. The van der Waals surface area contributed by atoms with Crippen molar-refractivity contribution < 1.29 is 56.5 Å². The Bertz CT molecular complexity index is 11.6. The van der Waals surface area contributed by atoms with E-state index in [1.807, 2.05) is 0 Å². The zero-order chi connectivity index (χ0) is 3.58. The summed E-state index contributed by atoms with van der Waals surface area (Å²) in [6.45, 7) is 4.58. The van der Waals surface area contributed by atoms with Crippen molar-refractivity contribution in [3.05, 3.63) is 6.92 Å². The summed E-state index contributed by atoms with van der Waals surface area (Å²) in [4.78, 5) is 0. The third kappa shape index (κ3) is 28.4. The van der Waals surface area contributed by atoms with Crippen molar-refractivity contribution in [2.45, 2.75) is 13.0 Å². The molecule has 0 aromatic rings. The zero-order valence-corrected chi connectivity index (χ0v) is 6.82. The van der Waals surface area contributed by atoms with Gasteiger partial charge in [-0.3, -0.25) is 6.10 Å². The van der Waals surface area contributed by atoms with E-state index in [2.05, 4.69) is 6.92 Å². The van der Waals surface area contributed by atoms with Crippen molar-refractivity contribution >= 4 is 0 Å². The van der Waals surface area contributed by atoms with Crippen LogP contribution in [0.25, 0.3) is 0 Å². The van der Waals surface area contributed by atoms with Crippen molar-refractivity contribution in [1.29, 1.82) is 0 Å². The molecule has 0 radical (unpaired) electrons. The minimum absolute atomic E-state index is 0. The molecule has 0 aliphatic heterocycles. The van der Waals surface area contributed by atoms with Crippen LogP contribution in [-0.4, -0.2) is 6.10 Å². The van der Waals surface area contributed by atoms with E-state index in [4.69, 9.17) is 0 Å². The quantitative estimate of drug-likeness (QED) is 0.228. The van der Waals surface area contributed by atoms with Crippen LogP contribution >= 0.6 is 0 Å². The van der Waals surface area contributed by atoms with Crippen LogP contribution in [0.4, 0.5) is 0 Å². The van der Waals surface area contributed by atoms with E-state index in [-0.39, 0.29) is 51.4 Å².